The Kier molecular flexibility index (Phi) is 7.31. The van der Waals surface area contributed by atoms with Gasteiger partial charge in [0, 0.05) is 17.2 Å². The van der Waals surface area contributed by atoms with E-state index in [9.17, 15) is 14.9 Å². The molecule has 2 aromatic carbocycles. The Morgan fingerprint density at radius 3 is 2.48 bits per heavy atom. The molecule has 6 nitrogen and oxygen atoms in total. The number of hydrogen-bond acceptors (Lipinski definition) is 5. The van der Waals surface area contributed by atoms with Gasteiger partial charge in [-0.3, -0.25) is 10.1 Å². The molecular weight excluding hydrogens is 356 g/mol. The number of carbonyl (C=O) groups excluding carboxylic acids is 1. The molecule has 0 aliphatic heterocycles. The van der Waals surface area contributed by atoms with Gasteiger partial charge >= 0.3 is 35.5 Å². The summed E-state index contributed by atoms with van der Waals surface area (Å²) in [6, 6.07) is 8.35. The number of benzene rings is 2. The van der Waals surface area contributed by atoms with E-state index in [1.165, 1.54) is 18.2 Å². The summed E-state index contributed by atoms with van der Waals surface area (Å²) in [4.78, 5) is 21.9. The van der Waals surface area contributed by atoms with Crippen LogP contribution in [0.25, 0.3) is 0 Å². The minimum atomic E-state index is -0.834. The van der Waals surface area contributed by atoms with E-state index in [0.717, 1.165) is 13.2 Å². The first-order valence-electron chi connectivity index (χ1n) is 5.92. The molecule has 0 saturated heterocycles. The van der Waals surface area contributed by atoms with Gasteiger partial charge in [0.25, 0.3) is 5.69 Å². The molecule has 0 aliphatic rings. The van der Waals surface area contributed by atoms with Crippen LogP contribution in [0.15, 0.2) is 36.4 Å². The van der Waals surface area contributed by atoms with Gasteiger partial charge in [-0.15, -0.1) is 0 Å². The van der Waals surface area contributed by atoms with Crippen LogP contribution in [0.4, 0.5) is 5.69 Å². The van der Waals surface area contributed by atoms with E-state index in [2.05, 4.69) is 4.74 Å². The molecular formula is C14H10Cl2NNaO5. The number of esters is 1. The standard InChI is InChI=1S/C14H9Cl2NO5.Na.H/c1-21-14(18)10-7-9(3-4-12(10)17(19)20)22-13-5-2-8(15)6-11(13)16;;/h2-7H,1H3;;/q;+1;-1. The Balaban J connectivity index is 0.00000264. The first-order valence-corrected chi connectivity index (χ1v) is 6.67. The summed E-state index contributed by atoms with van der Waals surface area (Å²) in [6.45, 7) is 0. The maximum absolute atomic E-state index is 11.6. The summed E-state index contributed by atoms with van der Waals surface area (Å²) in [5.74, 6) is -0.328. The second kappa shape index (κ2) is 8.52. The van der Waals surface area contributed by atoms with Crippen LogP contribution in [0.5, 0.6) is 11.5 Å². The van der Waals surface area contributed by atoms with Crippen LogP contribution in [0, 0.1) is 10.1 Å². The molecule has 0 aliphatic carbocycles. The topological polar surface area (TPSA) is 78.7 Å². The number of rotatable bonds is 4. The quantitative estimate of drug-likeness (QED) is 0.356. The van der Waals surface area contributed by atoms with Gasteiger partial charge in [-0.2, -0.15) is 0 Å². The van der Waals surface area contributed by atoms with E-state index in [-0.39, 0.29) is 53.0 Å². The smallest absolute Gasteiger partial charge is 1.00 e. The van der Waals surface area contributed by atoms with Crippen molar-refractivity contribution >= 4 is 34.9 Å². The van der Waals surface area contributed by atoms with Crippen LogP contribution in [-0.2, 0) is 4.74 Å². The average Bonchev–Trinajstić information content (AvgIpc) is 2.49. The third kappa shape index (κ3) is 4.83. The van der Waals surface area contributed by atoms with Crippen molar-refractivity contribution in [3.63, 3.8) is 0 Å². The molecule has 0 N–H and O–H groups in total. The zero-order valence-electron chi connectivity index (χ0n) is 13.2. The van der Waals surface area contributed by atoms with Crippen molar-refractivity contribution in [2.24, 2.45) is 0 Å². The fourth-order valence-electron chi connectivity index (χ4n) is 1.70. The average molecular weight is 366 g/mol. The van der Waals surface area contributed by atoms with E-state index in [1.54, 1.807) is 12.1 Å². The van der Waals surface area contributed by atoms with Crippen LogP contribution in [0.1, 0.15) is 11.8 Å². The molecule has 0 bridgehead atoms. The van der Waals surface area contributed by atoms with Crippen LogP contribution in [-0.4, -0.2) is 18.0 Å². The van der Waals surface area contributed by atoms with E-state index >= 15 is 0 Å². The second-order valence-electron chi connectivity index (χ2n) is 4.10. The third-order valence-corrected chi connectivity index (χ3v) is 3.22. The fourth-order valence-corrected chi connectivity index (χ4v) is 2.14. The van der Waals surface area contributed by atoms with Crippen molar-refractivity contribution in [2.45, 2.75) is 0 Å². The SMILES string of the molecule is COC(=O)c1cc(Oc2ccc(Cl)cc2Cl)ccc1[N+](=O)[O-].[H-].[Na+]. The maximum atomic E-state index is 11.6. The summed E-state index contributed by atoms with van der Waals surface area (Å²) in [5, 5.41) is 11.6. The van der Waals surface area contributed by atoms with Gasteiger partial charge in [-0.05, 0) is 24.3 Å². The molecule has 0 amide bonds. The Morgan fingerprint density at radius 2 is 1.91 bits per heavy atom. The van der Waals surface area contributed by atoms with Crippen molar-refractivity contribution in [2.75, 3.05) is 7.11 Å². The number of methoxy groups -OCH3 is 1. The summed E-state index contributed by atoms with van der Waals surface area (Å²) >= 11 is 11.8. The molecule has 2 aromatic rings. The van der Waals surface area contributed by atoms with Crippen LogP contribution < -0.4 is 34.3 Å². The molecule has 0 unspecified atom stereocenters. The molecule has 0 fully saturated rings. The number of halogens is 2. The Labute approximate surface area is 165 Å². The molecule has 0 spiro atoms. The monoisotopic (exact) mass is 365 g/mol. The largest absolute Gasteiger partial charge is 1.00 e. The molecule has 0 aromatic heterocycles. The zero-order valence-corrected chi connectivity index (χ0v) is 15.7. The first kappa shape index (κ1) is 19.7. The summed E-state index contributed by atoms with van der Waals surface area (Å²) < 4.78 is 10.0. The second-order valence-corrected chi connectivity index (χ2v) is 4.95. The van der Waals surface area contributed by atoms with Crippen molar-refractivity contribution in [3.05, 3.63) is 62.1 Å². The number of ether oxygens (including phenoxy) is 2. The molecule has 0 saturated carbocycles. The molecule has 0 atom stereocenters. The van der Waals surface area contributed by atoms with E-state index < -0.39 is 10.9 Å². The van der Waals surface area contributed by atoms with Crippen LogP contribution in [0.3, 0.4) is 0 Å². The van der Waals surface area contributed by atoms with Gasteiger partial charge in [0.2, 0.25) is 0 Å². The number of nitrogens with zero attached hydrogens (tertiary/aromatic N) is 1. The first-order chi connectivity index (χ1) is 10.4. The van der Waals surface area contributed by atoms with Gasteiger partial charge in [-0.1, -0.05) is 23.2 Å². The molecule has 23 heavy (non-hydrogen) atoms. The van der Waals surface area contributed by atoms with Crippen molar-refractivity contribution in [1.82, 2.24) is 0 Å². The molecule has 116 valence electrons. The predicted molar refractivity (Wildman–Crippen MR) is 82.1 cm³/mol. The van der Waals surface area contributed by atoms with Crippen LogP contribution in [0.2, 0.25) is 10.0 Å². The number of hydrogen-bond donors (Lipinski definition) is 0. The van der Waals surface area contributed by atoms with E-state index in [4.69, 9.17) is 27.9 Å². The van der Waals surface area contributed by atoms with Crippen molar-refractivity contribution in [1.29, 1.82) is 0 Å². The molecule has 0 radical (unpaired) electrons. The van der Waals surface area contributed by atoms with Gasteiger partial charge < -0.3 is 10.9 Å². The Hall–Kier alpha value is -1.31. The third-order valence-electron chi connectivity index (χ3n) is 2.69. The normalized spacial score (nSPS) is 9.70. The van der Waals surface area contributed by atoms with Crippen LogP contribution >= 0.6 is 23.2 Å². The minimum absolute atomic E-state index is 0. The summed E-state index contributed by atoms with van der Waals surface area (Å²) in [7, 11) is 1.13. The van der Waals surface area contributed by atoms with Crippen molar-refractivity contribution in [3.8, 4) is 11.5 Å². The Morgan fingerprint density at radius 1 is 1.22 bits per heavy atom. The van der Waals surface area contributed by atoms with Gasteiger partial charge in [0.05, 0.1) is 17.1 Å². The van der Waals surface area contributed by atoms with E-state index in [1.807, 2.05) is 0 Å². The Bertz CT molecular complexity index is 760. The number of nitro groups is 1. The predicted octanol–water partition coefficient (Wildman–Crippen LogP) is 1.60. The molecule has 0 heterocycles. The van der Waals surface area contributed by atoms with Crippen molar-refractivity contribution < 1.29 is 50.2 Å². The molecule has 9 heteroatoms. The van der Waals surface area contributed by atoms with Gasteiger partial charge in [0.15, 0.2) is 0 Å². The maximum Gasteiger partial charge on any atom is 1.00 e. The zero-order chi connectivity index (χ0) is 16.3. The summed E-state index contributed by atoms with van der Waals surface area (Å²) in [6.07, 6.45) is 0. The fraction of sp³-hybridized carbons (Fsp3) is 0.0714. The number of nitro benzene ring substituents is 1. The molecule has 2 rings (SSSR count). The number of carbonyl (C=O) groups is 1. The summed E-state index contributed by atoms with van der Waals surface area (Å²) in [5.41, 5.74) is -0.587. The van der Waals surface area contributed by atoms with Gasteiger partial charge in [-0.25, -0.2) is 4.79 Å². The minimum Gasteiger partial charge on any atom is -1.00 e. The van der Waals surface area contributed by atoms with E-state index in [0.29, 0.717) is 10.8 Å². The van der Waals surface area contributed by atoms with Gasteiger partial charge in [0.1, 0.15) is 17.1 Å².